The number of nitro groups is 1. The highest BCUT2D eigenvalue weighted by atomic mass is 16.6. The summed E-state index contributed by atoms with van der Waals surface area (Å²) in [6.07, 6.45) is -0.558. The lowest BCUT2D eigenvalue weighted by Gasteiger charge is -2.36. The van der Waals surface area contributed by atoms with Crippen LogP contribution in [0.1, 0.15) is 34.3 Å². The van der Waals surface area contributed by atoms with Gasteiger partial charge in [-0.3, -0.25) is 24.5 Å². The highest BCUT2D eigenvalue weighted by Gasteiger charge is 2.46. The number of amides is 2. The molecule has 0 saturated heterocycles. The van der Waals surface area contributed by atoms with E-state index in [2.05, 4.69) is 0 Å². The number of nitro benzene ring substituents is 1. The van der Waals surface area contributed by atoms with Crippen LogP contribution in [-0.4, -0.2) is 40.9 Å². The Labute approximate surface area is 173 Å². The molecule has 9 nitrogen and oxygen atoms in total. The van der Waals surface area contributed by atoms with Gasteiger partial charge in [0.2, 0.25) is 5.91 Å². The van der Waals surface area contributed by atoms with Gasteiger partial charge in [-0.05, 0) is 18.1 Å². The van der Waals surface area contributed by atoms with E-state index in [1.54, 1.807) is 24.3 Å². The maximum Gasteiger partial charge on any atom is 0.306 e. The summed E-state index contributed by atoms with van der Waals surface area (Å²) in [6, 6.07) is 13.1. The lowest BCUT2D eigenvalue weighted by atomic mass is 9.72. The van der Waals surface area contributed by atoms with Crippen molar-refractivity contribution in [3.05, 3.63) is 75.3 Å². The third kappa shape index (κ3) is 4.02. The molecule has 2 aromatic rings. The van der Waals surface area contributed by atoms with E-state index >= 15 is 0 Å². The predicted molar refractivity (Wildman–Crippen MR) is 106 cm³/mol. The second-order valence-corrected chi connectivity index (χ2v) is 6.89. The molecule has 30 heavy (non-hydrogen) atoms. The van der Waals surface area contributed by atoms with Gasteiger partial charge in [-0.15, -0.1) is 0 Å². The van der Waals surface area contributed by atoms with Crippen molar-refractivity contribution in [2.45, 2.75) is 31.4 Å². The summed E-state index contributed by atoms with van der Waals surface area (Å²) in [7, 11) is 6.15. The molecule has 1 aliphatic heterocycles. The number of carbonyl (C=O) groups excluding carboxylic acids is 3. The average Bonchev–Trinajstić information content (AvgIpc) is 3.08. The van der Waals surface area contributed by atoms with Crippen LogP contribution in [0.3, 0.4) is 0 Å². The van der Waals surface area contributed by atoms with Gasteiger partial charge in [-0.1, -0.05) is 36.4 Å². The van der Waals surface area contributed by atoms with Gasteiger partial charge in [0.05, 0.1) is 28.0 Å². The van der Waals surface area contributed by atoms with E-state index < -0.39 is 28.1 Å². The van der Waals surface area contributed by atoms with E-state index in [0.29, 0.717) is 0 Å². The highest BCUT2D eigenvalue weighted by Crippen LogP contribution is 2.35. The maximum absolute atomic E-state index is 12.8. The summed E-state index contributed by atoms with van der Waals surface area (Å²) < 4.78 is 5.17. The van der Waals surface area contributed by atoms with Gasteiger partial charge < -0.3 is 15.4 Å². The van der Waals surface area contributed by atoms with Crippen LogP contribution in [0.4, 0.5) is 5.69 Å². The largest absolute Gasteiger partial charge is 0.461 e. The van der Waals surface area contributed by atoms with Crippen molar-refractivity contribution in [2.75, 3.05) is 0 Å². The van der Waals surface area contributed by atoms with Crippen LogP contribution < -0.4 is 5.73 Å². The van der Waals surface area contributed by atoms with Gasteiger partial charge in [-0.25, -0.2) is 0 Å². The summed E-state index contributed by atoms with van der Waals surface area (Å²) in [5, 5.41) is 11.3. The predicted octanol–water partition coefficient (Wildman–Crippen LogP) is 1.42. The Hall–Kier alpha value is -3.69. The van der Waals surface area contributed by atoms with Gasteiger partial charge in [0.1, 0.15) is 14.5 Å². The first kappa shape index (κ1) is 21.0. The van der Waals surface area contributed by atoms with Crippen LogP contribution in [0.2, 0.25) is 0 Å². The third-order valence-corrected chi connectivity index (χ3v) is 5.00. The first-order valence-corrected chi connectivity index (χ1v) is 9.10. The first-order chi connectivity index (χ1) is 14.2. The quantitative estimate of drug-likeness (QED) is 0.305. The van der Waals surface area contributed by atoms with Crippen LogP contribution in [0.25, 0.3) is 0 Å². The number of hydrogen-bond donors (Lipinski definition) is 1. The minimum absolute atomic E-state index is 0.0497. The molecule has 152 valence electrons. The van der Waals surface area contributed by atoms with Crippen molar-refractivity contribution >= 4 is 31.3 Å². The highest BCUT2D eigenvalue weighted by molar-refractivity contribution is 6.30. The van der Waals surface area contributed by atoms with E-state index in [4.69, 9.17) is 18.3 Å². The average molecular weight is 407 g/mol. The normalized spacial score (nSPS) is 14.7. The van der Waals surface area contributed by atoms with E-state index in [0.717, 1.165) is 10.5 Å². The number of primary amides is 1. The van der Waals surface area contributed by atoms with Crippen molar-refractivity contribution in [3.63, 3.8) is 0 Å². The van der Waals surface area contributed by atoms with Crippen LogP contribution in [0.5, 0.6) is 0 Å². The molecule has 1 atom stereocenters. The zero-order chi connectivity index (χ0) is 21.9. The van der Waals surface area contributed by atoms with Crippen molar-refractivity contribution in [2.24, 2.45) is 5.73 Å². The second-order valence-electron chi connectivity index (χ2n) is 6.89. The summed E-state index contributed by atoms with van der Waals surface area (Å²) in [5.74, 6) is -2.31. The molecular formula is C20H18BN3O6. The molecular weight excluding hydrogens is 389 g/mol. The molecule has 0 saturated carbocycles. The molecule has 10 heteroatoms. The number of hydrogen-bond acceptors (Lipinski definition) is 6. The molecule has 2 aromatic carbocycles. The number of nitrogens with two attached hydrogens (primary N) is 1. The van der Waals surface area contributed by atoms with Gasteiger partial charge in [-0.2, -0.15) is 0 Å². The number of carbonyl (C=O) groups is 3. The van der Waals surface area contributed by atoms with E-state index in [9.17, 15) is 24.5 Å². The lowest BCUT2D eigenvalue weighted by molar-refractivity contribution is -0.385. The summed E-state index contributed by atoms with van der Waals surface area (Å²) in [6.45, 7) is -0.210. The number of esters is 1. The number of fused-ring (bicyclic) bond motifs is 1. The zero-order valence-electron chi connectivity index (χ0n) is 15.9. The van der Waals surface area contributed by atoms with Crippen LogP contribution in [-0.2, 0) is 27.5 Å². The van der Waals surface area contributed by atoms with Gasteiger partial charge >= 0.3 is 5.97 Å². The molecule has 1 heterocycles. The Kier molecular flexibility index (Phi) is 5.86. The molecule has 1 unspecified atom stereocenters. The van der Waals surface area contributed by atoms with Crippen LogP contribution in [0, 0.1) is 10.1 Å². The topological polar surface area (TPSA) is 133 Å². The van der Waals surface area contributed by atoms with Crippen LogP contribution in [0.15, 0.2) is 48.5 Å². The lowest BCUT2D eigenvalue weighted by Crippen LogP contribution is -2.58. The molecule has 2 N–H and O–H groups in total. The van der Waals surface area contributed by atoms with Crippen LogP contribution >= 0.6 is 0 Å². The summed E-state index contributed by atoms with van der Waals surface area (Å²) in [5.41, 5.74) is 4.21. The fraction of sp³-hybridized carbons (Fsp3) is 0.250. The number of benzene rings is 2. The van der Waals surface area contributed by atoms with Gasteiger partial charge in [0.15, 0.2) is 0 Å². The monoisotopic (exact) mass is 407 g/mol. The fourth-order valence-corrected chi connectivity index (χ4v) is 3.30. The number of rotatable bonds is 8. The van der Waals surface area contributed by atoms with E-state index in [-0.39, 0.29) is 42.8 Å². The SMILES string of the molecule is [B]C(CCC(=O)OCc1ccccc1)(C(N)=O)N1Cc2c(cccc2[N+](=O)[O-])C1=O. The number of ether oxygens (including phenoxy) is 1. The van der Waals surface area contributed by atoms with E-state index in [1.165, 1.54) is 18.2 Å². The number of nitrogens with zero attached hydrogens (tertiary/aromatic N) is 2. The summed E-state index contributed by atoms with van der Waals surface area (Å²) >= 11 is 0. The van der Waals surface area contributed by atoms with Gasteiger partial charge in [0, 0.05) is 12.5 Å². The first-order valence-electron chi connectivity index (χ1n) is 9.10. The molecule has 0 bridgehead atoms. The molecule has 3 rings (SSSR count). The smallest absolute Gasteiger partial charge is 0.306 e. The Balaban J connectivity index is 1.72. The molecule has 0 aromatic heterocycles. The molecule has 1 aliphatic rings. The molecule has 0 aliphatic carbocycles. The third-order valence-electron chi connectivity index (χ3n) is 5.00. The Morgan fingerprint density at radius 1 is 1.20 bits per heavy atom. The van der Waals surface area contributed by atoms with Crippen molar-refractivity contribution < 1.29 is 24.0 Å². The van der Waals surface area contributed by atoms with Crippen molar-refractivity contribution in [1.29, 1.82) is 0 Å². The standard InChI is InChI=1S/C20H18BN3O6/c21-20(19(22)27,10-9-17(25)30-12-13-5-2-1-3-6-13)23-11-15-14(18(23)26)7-4-8-16(15)24(28)29/h1-8H,9-12H2,(H2,22,27). The molecule has 0 spiro atoms. The zero-order valence-corrected chi connectivity index (χ0v) is 15.9. The van der Waals surface area contributed by atoms with Crippen molar-refractivity contribution in [1.82, 2.24) is 4.90 Å². The van der Waals surface area contributed by atoms with E-state index in [1.807, 2.05) is 6.07 Å². The Bertz CT molecular complexity index is 1010. The molecule has 2 radical (unpaired) electrons. The Morgan fingerprint density at radius 2 is 1.90 bits per heavy atom. The second kappa shape index (κ2) is 8.36. The molecule has 2 amide bonds. The summed E-state index contributed by atoms with van der Waals surface area (Å²) in [4.78, 5) is 48.6. The minimum Gasteiger partial charge on any atom is -0.461 e. The molecule has 0 fully saturated rings. The van der Waals surface area contributed by atoms with Gasteiger partial charge in [0.25, 0.3) is 11.6 Å². The minimum atomic E-state index is -2.00. The maximum atomic E-state index is 12.8. The fourth-order valence-electron chi connectivity index (χ4n) is 3.30. The van der Waals surface area contributed by atoms with Crippen molar-refractivity contribution in [3.8, 4) is 0 Å². The Morgan fingerprint density at radius 3 is 2.53 bits per heavy atom.